The van der Waals surface area contributed by atoms with E-state index in [9.17, 15) is 8.78 Å². The Bertz CT molecular complexity index is 564. The second-order valence-electron chi connectivity index (χ2n) is 3.76. The second kappa shape index (κ2) is 6.29. The van der Waals surface area contributed by atoms with Crippen LogP contribution < -0.4 is 0 Å². The molecule has 2 aromatic carbocycles. The standard InChI is InChI=1S/C14H10ClF2NO/c15-13-2-1-3-14(17)12(13)9-19-18-8-10-4-6-11(16)7-5-10/h1-8H,9H2/b18-8+. The number of nitrogens with zero attached hydrogens (tertiary/aromatic N) is 1. The molecule has 0 unspecified atom stereocenters. The summed E-state index contributed by atoms with van der Waals surface area (Å²) in [5, 5.41) is 3.96. The predicted molar refractivity (Wildman–Crippen MR) is 70.2 cm³/mol. The molecule has 0 saturated heterocycles. The van der Waals surface area contributed by atoms with Crippen molar-refractivity contribution in [1.82, 2.24) is 0 Å². The van der Waals surface area contributed by atoms with Gasteiger partial charge in [0, 0.05) is 5.56 Å². The molecule has 0 spiro atoms. The Labute approximate surface area is 114 Å². The van der Waals surface area contributed by atoms with Crippen LogP contribution in [0.5, 0.6) is 0 Å². The molecule has 0 fully saturated rings. The first kappa shape index (κ1) is 13.5. The highest BCUT2D eigenvalue weighted by Crippen LogP contribution is 2.19. The van der Waals surface area contributed by atoms with Crippen molar-refractivity contribution in [2.75, 3.05) is 0 Å². The van der Waals surface area contributed by atoms with Crippen molar-refractivity contribution >= 4 is 17.8 Å². The Hall–Kier alpha value is -1.94. The van der Waals surface area contributed by atoms with Gasteiger partial charge in [0.1, 0.15) is 18.2 Å². The molecule has 5 heteroatoms. The number of hydrogen-bond acceptors (Lipinski definition) is 2. The molecule has 0 aromatic heterocycles. The first-order valence-electron chi connectivity index (χ1n) is 5.50. The van der Waals surface area contributed by atoms with Crippen molar-refractivity contribution in [3.8, 4) is 0 Å². The largest absolute Gasteiger partial charge is 0.391 e. The van der Waals surface area contributed by atoms with Gasteiger partial charge in [-0.2, -0.15) is 0 Å². The lowest BCUT2D eigenvalue weighted by molar-refractivity contribution is 0.129. The van der Waals surface area contributed by atoms with Crippen LogP contribution in [-0.2, 0) is 11.4 Å². The van der Waals surface area contributed by atoms with Gasteiger partial charge in [0.05, 0.1) is 11.2 Å². The van der Waals surface area contributed by atoms with Gasteiger partial charge in [-0.25, -0.2) is 8.78 Å². The summed E-state index contributed by atoms with van der Waals surface area (Å²) in [5.74, 6) is -0.763. The Morgan fingerprint density at radius 3 is 2.53 bits per heavy atom. The molecule has 2 aromatic rings. The first-order chi connectivity index (χ1) is 9.16. The van der Waals surface area contributed by atoms with Crippen LogP contribution in [0.1, 0.15) is 11.1 Å². The molecule has 2 rings (SSSR count). The lowest BCUT2D eigenvalue weighted by Gasteiger charge is -2.03. The fourth-order valence-electron chi connectivity index (χ4n) is 1.42. The monoisotopic (exact) mass is 281 g/mol. The minimum Gasteiger partial charge on any atom is -0.391 e. The van der Waals surface area contributed by atoms with Crippen LogP contribution in [0.15, 0.2) is 47.6 Å². The second-order valence-corrected chi connectivity index (χ2v) is 4.17. The van der Waals surface area contributed by atoms with Gasteiger partial charge in [0.25, 0.3) is 0 Å². The van der Waals surface area contributed by atoms with E-state index < -0.39 is 5.82 Å². The molecule has 19 heavy (non-hydrogen) atoms. The lowest BCUT2D eigenvalue weighted by Crippen LogP contribution is -1.94. The Morgan fingerprint density at radius 1 is 1.11 bits per heavy atom. The normalized spacial score (nSPS) is 10.9. The fraction of sp³-hybridized carbons (Fsp3) is 0.0714. The number of benzene rings is 2. The van der Waals surface area contributed by atoms with Crippen LogP contribution in [-0.4, -0.2) is 6.21 Å². The van der Waals surface area contributed by atoms with Crippen molar-refractivity contribution in [2.45, 2.75) is 6.61 Å². The van der Waals surface area contributed by atoms with E-state index in [4.69, 9.17) is 16.4 Å². The van der Waals surface area contributed by atoms with Crippen LogP contribution in [0.4, 0.5) is 8.78 Å². The third-order valence-corrected chi connectivity index (χ3v) is 2.77. The van der Waals surface area contributed by atoms with Crippen molar-refractivity contribution in [2.24, 2.45) is 5.16 Å². The third kappa shape index (κ3) is 3.76. The zero-order chi connectivity index (χ0) is 13.7. The molecule has 0 aliphatic rings. The number of halogens is 3. The molecular formula is C14H10ClF2NO. The van der Waals surface area contributed by atoms with Gasteiger partial charge in [-0.05, 0) is 29.8 Å². The zero-order valence-corrected chi connectivity index (χ0v) is 10.6. The van der Waals surface area contributed by atoms with Gasteiger partial charge in [-0.1, -0.05) is 35.0 Å². The maximum absolute atomic E-state index is 13.4. The van der Waals surface area contributed by atoms with E-state index in [1.165, 1.54) is 30.5 Å². The quantitative estimate of drug-likeness (QED) is 0.609. The SMILES string of the molecule is Fc1ccc(/C=N/OCc2c(F)cccc2Cl)cc1. The molecule has 98 valence electrons. The molecule has 0 bridgehead atoms. The summed E-state index contributed by atoms with van der Waals surface area (Å²) in [6, 6.07) is 10.1. The van der Waals surface area contributed by atoms with E-state index in [0.29, 0.717) is 5.56 Å². The average Bonchev–Trinajstić information content (AvgIpc) is 2.39. The van der Waals surface area contributed by atoms with Crippen molar-refractivity contribution in [3.05, 3.63) is 70.2 Å². The molecule has 0 heterocycles. The summed E-state index contributed by atoms with van der Waals surface area (Å²) in [6.07, 6.45) is 1.41. The molecular weight excluding hydrogens is 272 g/mol. The summed E-state index contributed by atoms with van der Waals surface area (Å²) < 4.78 is 26.0. The Balaban J connectivity index is 1.95. The summed E-state index contributed by atoms with van der Waals surface area (Å²) in [6.45, 7) is -0.0663. The highest BCUT2D eigenvalue weighted by Gasteiger charge is 2.06. The van der Waals surface area contributed by atoms with Crippen molar-refractivity contribution in [3.63, 3.8) is 0 Å². The molecule has 0 amide bonds. The zero-order valence-electron chi connectivity index (χ0n) is 9.82. The molecule has 0 N–H and O–H groups in total. The number of hydrogen-bond donors (Lipinski definition) is 0. The summed E-state index contributed by atoms with van der Waals surface area (Å²) >= 11 is 5.83. The van der Waals surface area contributed by atoms with Gasteiger partial charge in [-0.15, -0.1) is 0 Å². The maximum Gasteiger partial charge on any atom is 0.146 e. The molecule has 0 radical (unpaired) electrons. The van der Waals surface area contributed by atoms with E-state index in [-0.39, 0.29) is 23.0 Å². The molecule has 0 saturated carbocycles. The highest BCUT2D eigenvalue weighted by atomic mass is 35.5. The van der Waals surface area contributed by atoms with Crippen LogP contribution >= 0.6 is 11.6 Å². The van der Waals surface area contributed by atoms with Crippen molar-refractivity contribution in [1.29, 1.82) is 0 Å². The van der Waals surface area contributed by atoms with Gasteiger partial charge in [0.15, 0.2) is 0 Å². The topological polar surface area (TPSA) is 21.6 Å². The molecule has 0 aliphatic carbocycles. The van der Waals surface area contributed by atoms with Crippen molar-refractivity contribution < 1.29 is 13.6 Å². The smallest absolute Gasteiger partial charge is 0.146 e. The Kier molecular flexibility index (Phi) is 4.47. The van der Waals surface area contributed by atoms with Gasteiger partial charge < -0.3 is 4.84 Å². The third-order valence-electron chi connectivity index (χ3n) is 2.42. The van der Waals surface area contributed by atoms with Gasteiger partial charge in [0.2, 0.25) is 0 Å². The van der Waals surface area contributed by atoms with E-state index in [1.807, 2.05) is 0 Å². The summed E-state index contributed by atoms with van der Waals surface area (Å²) in [5.41, 5.74) is 0.932. The van der Waals surface area contributed by atoms with E-state index in [2.05, 4.69) is 5.16 Å². The fourth-order valence-corrected chi connectivity index (χ4v) is 1.64. The number of oxime groups is 1. The number of rotatable bonds is 4. The lowest BCUT2D eigenvalue weighted by atomic mass is 10.2. The first-order valence-corrected chi connectivity index (χ1v) is 5.88. The molecule has 2 nitrogen and oxygen atoms in total. The van der Waals surface area contributed by atoms with Crippen LogP contribution in [0.25, 0.3) is 0 Å². The van der Waals surface area contributed by atoms with Crippen LogP contribution in [0, 0.1) is 11.6 Å². The van der Waals surface area contributed by atoms with Gasteiger partial charge >= 0.3 is 0 Å². The minimum absolute atomic E-state index is 0.0663. The summed E-state index contributed by atoms with van der Waals surface area (Å²) in [7, 11) is 0. The summed E-state index contributed by atoms with van der Waals surface area (Å²) in [4.78, 5) is 4.97. The Morgan fingerprint density at radius 2 is 1.84 bits per heavy atom. The van der Waals surface area contributed by atoms with E-state index >= 15 is 0 Å². The van der Waals surface area contributed by atoms with Crippen LogP contribution in [0.3, 0.4) is 0 Å². The van der Waals surface area contributed by atoms with Gasteiger partial charge in [-0.3, -0.25) is 0 Å². The molecule has 0 atom stereocenters. The van der Waals surface area contributed by atoms with E-state index in [1.54, 1.807) is 18.2 Å². The average molecular weight is 282 g/mol. The maximum atomic E-state index is 13.4. The van der Waals surface area contributed by atoms with E-state index in [0.717, 1.165) is 0 Å². The predicted octanol–water partition coefficient (Wildman–Crippen LogP) is 4.17. The minimum atomic E-state index is -0.440. The highest BCUT2D eigenvalue weighted by molar-refractivity contribution is 6.31. The molecule has 0 aliphatic heterocycles. The van der Waals surface area contributed by atoms with Crippen LogP contribution in [0.2, 0.25) is 5.02 Å².